The van der Waals surface area contributed by atoms with Crippen molar-refractivity contribution in [3.8, 4) is 11.4 Å². The Kier molecular flexibility index (Phi) is 5.69. The minimum Gasteiger partial charge on any atom is -0.484 e. The van der Waals surface area contributed by atoms with E-state index in [0.717, 1.165) is 22.2 Å². The zero-order valence-electron chi connectivity index (χ0n) is 16.8. The first kappa shape index (κ1) is 20.9. The highest BCUT2D eigenvalue weighted by Gasteiger charge is 2.35. The quantitative estimate of drug-likeness (QED) is 0.448. The van der Waals surface area contributed by atoms with Gasteiger partial charge in [-0.2, -0.15) is 18.3 Å². The second-order valence-electron chi connectivity index (χ2n) is 7.26. The summed E-state index contributed by atoms with van der Waals surface area (Å²) in [7, 11) is 0. The Hall–Kier alpha value is -3.33. The lowest BCUT2D eigenvalue weighted by Gasteiger charge is -2.27. The number of alkyl halides is 2. The fourth-order valence-electron chi connectivity index (χ4n) is 3.25. The Bertz CT molecular complexity index is 1170. The Labute approximate surface area is 181 Å². The van der Waals surface area contributed by atoms with Crippen molar-refractivity contribution in [2.24, 2.45) is 0 Å². The smallest absolute Gasteiger partial charge is 0.321 e. The van der Waals surface area contributed by atoms with Crippen LogP contribution in [0.5, 0.6) is 5.75 Å². The van der Waals surface area contributed by atoms with Crippen LogP contribution < -0.4 is 10.1 Å². The van der Waals surface area contributed by atoms with E-state index in [0.29, 0.717) is 12.7 Å². The van der Waals surface area contributed by atoms with Crippen LogP contribution in [-0.2, 0) is 4.79 Å². The van der Waals surface area contributed by atoms with Gasteiger partial charge in [0.2, 0.25) is 0 Å². The van der Waals surface area contributed by atoms with Gasteiger partial charge in [0.25, 0.3) is 5.91 Å². The largest absolute Gasteiger partial charge is 0.484 e. The van der Waals surface area contributed by atoms with Gasteiger partial charge in [0, 0.05) is 17.7 Å². The molecule has 0 saturated heterocycles. The van der Waals surface area contributed by atoms with E-state index in [-0.39, 0.29) is 0 Å². The van der Waals surface area contributed by atoms with Gasteiger partial charge in [-0.3, -0.25) is 4.79 Å². The number of amides is 1. The number of hydrogen-bond acceptors (Lipinski definition) is 5. The van der Waals surface area contributed by atoms with Gasteiger partial charge in [-0.25, -0.2) is 4.68 Å². The summed E-state index contributed by atoms with van der Waals surface area (Å²) in [6.45, 7) is 2.21. The number of aromatic nitrogens is 3. The van der Waals surface area contributed by atoms with E-state index in [2.05, 4.69) is 14.8 Å². The molecule has 1 amide bonds. The molecule has 0 aliphatic carbocycles. The van der Waals surface area contributed by atoms with Crippen molar-refractivity contribution < 1.29 is 18.3 Å². The number of halogens is 2. The second-order valence-corrected chi connectivity index (χ2v) is 7.92. The fraction of sp³-hybridized carbons (Fsp3) is 0.227. The Morgan fingerprint density at radius 1 is 1.19 bits per heavy atom. The lowest BCUT2D eigenvalue weighted by Crippen LogP contribution is -2.46. The van der Waals surface area contributed by atoms with Crippen LogP contribution in [0.3, 0.4) is 0 Å². The molecule has 2 aromatic heterocycles. The van der Waals surface area contributed by atoms with Crippen molar-refractivity contribution in [2.75, 3.05) is 0 Å². The van der Waals surface area contributed by atoms with Crippen LogP contribution >= 0.6 is 11.5 Å². The Morgan fingerprint density at radius 3 is 2.65 bits per heavy atom. The molecule has 0 saturated carbocycles. The molecule has 31 heavy (non-hydrogen) atoms. The molecular weight excluding hydrogens is 422 g/mol. The lowest BCUT2D eigenvalue weighted by atomic mass is 10.0. The van der Waals surface area contributed by atoms with E-state index < -0.39 is 24.0 Å². The minimum absolute atomic E-state index is 0.536. The topological polar surface area (TPSA) is 69.0 Å². The molecule has 9 heteroatoms. The molecular formula is C22H20F2N4O2S. The molecule has 4 aromatic rings. The standard InChI is InChI=1S/C22H20F2N4O2S/c1-14(27-21(29)22(2,23)24)20(15-6-4-3-5-7-15)30-18-8-9-19-16(10-18)11-25-28(19)17-12-26-31-13-17/h3-14,20H,1-2H3,(H,27,29)/t14-,20-/m0/s1. The fourth-order valence-corrected chi connectivity index (χ4v) is 3.75. The van der Waals surface area contributed by atoms with Crippen molar-refractivity contribution in [2.45, 2.75) is 31.9 Å². The molecule has 0 aliphatic rings. The predicted octanol–water partition coefficient (Wildman–Crippen LogP) is 4.76. The van der Waals surface area contributed by atoms with Gasteiger partial charge < -0.3 is 10.1 Å². The molecule has 0 aliphatic heterocycles. The van der Waals surface area contributed by atoms with Crippen LogP contribution in [0.4, 0.5) is 8.78 Å². The number of nitrogens with one attached hydrogen (secondary N) is 1. The Morgan fingerprint density at radius 2 is 1.97 bits per heavy atom. The van der Waals surface area contributed by atoms with Crippen molar-refractivity contribution in [1.82, 2.24) is 19.5 Å². The van der Waals surface area contributed by atoms with E-state index in [9.17, 15) is 13.6 Å². The first-order valence-electron chi connectivity index (χ1n) is 9.61. The predicted molar refractivity (Wildman–Crippen MR) is 115 cm³/mol. The third kappa shape index (κ3) is 4.56. The average Bonchev–Trinajstić information content (AvgIpc) is 3.41. The van der Waals surface area contributed by atoms with E-state index in [1.54, 1.807) is 30.1 Å². The maximum Gasteiger partial charge on any atom is 0.321 e. The maximum absolute atomic E-state index is 13.4. The van der Waals surface area contributed by atoms with Crippen LogP contribution in [0, 0.1) is 0 Å². The van der Waals surface area contributed by atoms with Crippen molar-refractivity contribution in [3.63, 3.8) is 0 Å². The van der Waals surface area contributed by atoms with Gasteiger partial charge in [-0.1, -0.05) is 30.3 Å². The Balaban J connectivity index is 1.62. The summed E-state index contributed by atoms with van der Waals surface area (Å²) in [6, 6.07) is 14.0. The highest BCUT2D eigenvalue weighted by atomic mass is 32.1. The van der Waals surface area contributed by atoms with Crippen molar-refractivity contribution in [3.05, 3.63) is 71.9 Å². The molecule has 0 unspecified atom stereocenters. The SMILES string of the molecule is C[C@H](NC(=O)C(C)(F)F)[C@H](Oc1ccc2c(cnn2-c2cnsc2)c1)c1ccccc1. The van der Waals surface area contributed by atoms with E-state index >= 15 is 0 Å². The number of ether oxygens (including phenoxy) is 1. The first-order chi connectivity index (χ1) is 14.8. The molecule has 1 N–H and O–H groups in total. The average molecular weight is 442 g/mol. The third-order valence-corrected chi connectivity index (χ3v) is 5.38. The zero-order valence-corrected chi connectivity index (χ0v) is 17.6. The van der Waals surface area contributed by atoms with Gasteiger partial charge in [-0.15, -0.1) is 0 Å². The molecule has 2 aromatic carbocycles. The third-order valence-electron chi connectivity index (χ3n) is 4.81. The van der Waals surface area contributed by atoms with Gasteiger partial charge in [0.1, 0.15) is 11.9 Å². The molecule has 0 radical (unpaired) electrons. The summed E-state index contributed by atoms with van der Waals surface area (Å²) in [5, 5.41) is 9.52. The molecule has 2 heterocycles. The number of benzene rings is 2. The molecule has 160 valence electrons. The van der Waals surface area contributed by atoms with Crippen molar-refractivity contribution in [1.29, 1.82) is 0 Å². The summed E-state index contributed by atoms with van der Waals surface area (Å²) in [5.74, 6) is -4.28. The van der Waals surface area contributed by atoms with Crippen LogP contribution in [-0.4, -0.2) is 32.0 Å². The van der Waals surface area contributed by atoms with Crippen LogP contribution in [0.2, 0.25) is 0 Å². The number of carbonyl (C=O) groups excluding carboxylic acids is 1. The van der Waals surface area contributed by atoms with Crippen LogP contribution in [0.1, 0.15) is 25.5 Å². The minimum atomic E-state index is -3.47. The van der Waals surface area contributed by atoms with Crippen LogP contribution in [0.25, 0.3) is 16.6 Å². The second kappa shape index (κ2) is 8.43. The monoisotopic (exact) mass is 442 g/mol. The lowest BCUT2D eigenvalue weighted by molar-refractivity contribution is -0.144. The maximum atomic E-state index is 13.4. The number of rotatable bonds is 7. The summed E-state index contributed by atoms with van der Waals surface area (Å²) >= 11 is 1.34. The number of fused-ring (bicyclic) bond motifs is 1. The molecule has 0 bridgehead atoms. The van der Waals surface area contributed by atoms with E-state index in [1.807, 2.05) is 47.8 Å². The summed E-state index contributed by atoms with van der Waals surface area (Å²) in [6.07, 6.45) is 2.79. The number of nitrogens with zero attached hydrogens (tertiary/aromatic N) is 3. The zero-order chi connectivity index (χ0) is 22.0. The molecule has 4 rings (SSSR count). The van der Waals surface area contributed by atoms with E-state index in [1.165, 1.54) is 11.5 Å². The van der Waals surface area contributed by atoms with Crippen molar-refractivity contribution >= 4 is 28.3 Å². The van der Waals surface area contributed by atoms with Gasteiger partial charge in [0.05, 0.1) is 29.6 Å². The van der Waals surface area contributed by atoms with E-state index in [4.69, 9.17) is 4.74 Å². The molecule has 6 nitrogen and oxygen atoms in total. The number of hydrogen-bond donors (Lipinski definition) is 1. The first-order valence-corrected chi connectivity index (χ1v) is 10.4. The summed E-state index contributed by atoms with van der Waals surface area (Å²) in [5.41, 5.74) is 2.51. The normalized spacial score (nSPS) is 13.7. The van der Waals surface area contributed by atoms with Gasteiger partial charge >= 0.3 is 5.92 Å². The molecule has 0 fully saturated rings. The highest BCUT2D eigenvalue weighted by molar-refractivity contribution is 7.03. The van der Waals surface area contributed by atoms with Gasteiger partial charge in [-0.05, 0) is 42.2 Å². The molecule has 0 spiro atoms. The summed E-state index contributed by atoms with van der Waals surface area (Å²) < 4.78 is 38.9. The van der Waals surface area contributed by atoms with Crippen LogP contribution in [0.15, 0.2) is 66.3 Å². The highest BCUT2D eigenvalue weighted by Crippen LogP contribution is 2.29. The number of carbonyl (C=O) groups is 1. The summed E-state index contributed by atoms with van der Waals surface area (Å²) in [4.78, 5) is 11.8. The molecule has 2 atom stereocenters. The van der Waals surface area contributed by atoms with Gasteiger partial charge in [0.15, 0.2) is 0 Å².